The largest absolute Gasteiger partial charge is 0.392 e. The van der Waals surface area contributed by atoms with Crippen LogP contribution in [0.15, 0.2) is 12.1 Å². The topological polar surface area (TPSA) is 57.6 Å². The molecule has 2 fully saturated rings. The molecule has 0 spiro atoms. The third-order valence-electron chi connectivity index (χ3n) is 6.43. The second-order valence-electron chi connectivity index (χ2n) is 8.66. The number of carbonyl (C=O) groups is 2. The van der Waals surface area contributed by atoms with Crippen LogP contribution in [0, 0.1) is 32.6 Å². The van der Waals surface area contributed by atoms with Crippen molar-refractivity contribution in [2.24, 2.45) is 11.8 Å². The maximum absolute atomic E-state index is 13.2. The minimum Gasteiger partial charge on any atom is -0.392 e. The Hall–Kier alpha value is -0.810. The molecule has 4 nitrogen and oxygen atoms in total. The van der Waals surface area contributed by atoms with E-state index >= 15 is 0 Å². The highest BCUT2D eigenvalue weighted by atomic mass is 35.6. The van der Waals surface area contributed by atoms with Gasteiger partial charge in [-0.2, -0.15) is 0 Å². The van der Waals surface area contributed by atoms with Crippen LogP contribution in [-0.4, -0.2) is 44.7 Å². The average molecular weight is 461 g/mol. The molecule has 29 heavy (non-hydrogen) atoms. The Balaban J connectivity index is 1.65. The number of aliphatic hydroxyl groups is 1. The molecule has 0 radical (unpaired) electrons. The molecular weight excluding hydrogens is 433 g/mol. The first kappa shape index (κ1) is 22.9. The van der Waals surface area contributed by atoms with Gasteiger partial charge in [0.1, 0.15) is 5.78 Å². The van der Waals surface area contributed by atoms with Crippen LogP contribution >= 0.6 is 34.8 Å². The first-order valence-electron chi connectivity index (χ1n) is 10.1. The van der Waals surface area contributed by atoms with Crippen molar-refractivity contribution in [3.8, 4) is 0 Å². The van der Waals surface area contributed by atoms with Crippen molar-refractivity contribution in [3.63, 3.8) is 0 Å². The molecule has 1 saturated carbocycles. The molecule has 1 aliphatic carbocycles. The lowest BCUT2D eigenvalue weighted by Crippen LogP contribution is -2.44. The maximum atomic E-state index is 13.2. The van der Waals surface area contributed by atoms with Gasteiger partial charge in [-0.1, -0.05) is 52.5 Å². The zero-order chi connectivity index (χ0) is 21.5. The van der Waals surface area contributed by atoms with Gasteiger partial charge < -0.3 is 10.0 Å². The van der Waals surface area contributed by atoms with Crippen LogP contribution < -0.4 is 0 Å². The predicted octanol–water partition coefficient (Wildman–Crippen LogP) is 4.64. The smallest absolute Gasteiger partial charge is 0.274 e. The number of hydrogen-bond acceptors (Lipinski definition) is 3. The number of rotatable bonds is 3. The third kappa shape index (κ3) is 4.92. The van der Waals surface area contributed by atoms with E-state index in [1.165, 1.54) is 0 Å². The number of benzene rings is 1. The Morgan fingerprint density at radius 3 is 2.21 bits per heavy atom. The number of hydrogen-bond donors (Lipinski definition) is 1. The Labute approximate surface area is 187 Å². The fourth-order valence-corrected chi connectivity index (χ4v) is 5.53. The van der Waals surface area contributed by atoms with Crippen LogP contribution in [0.5, 0.6) is 0 Å². The summed E-state index contributed by atoms with van der Waals surface area (Å²) < 4.78 is -1.92. The highest BCUT2D eigenvalue weighted by Gasteiger charge is 2.44. The van der Waals surface area contributed by atoms with Crippen LogP contribution in [0.25, 0.3) is 0 Å². The summed E-state index contributed by atoms with van der Waals surface area (Å²) in [5.41, 5.74) is 4.29. The number of ketones is 1. The highest BCUT2D eigenvalue weighted by molar-refractivity contribution is 6.76. The number of amides is 1. The first-order chi connectivity index (χ1) is 13.5. The number of piperidine rings is 1. The van der Waals surface area contributed by atoms with Crippen molar-refractivity contribution in [3.05, 3.63) is 34.4 Å². The molecule has 3 unspecified atom stereocenters. The quantitative estimate of drug-likeness (QED) is 0.668. The van der Waals surface area contributed by atoms with Crippen LogP contribution in [0.3, 0.4) is 0 Å². The van der Waals surface area contributed by atoms with Crippen molar-refractivity contribution in [2.75, 3.05) is 13.1 Å². The summed E-state index contributed by atoms with van der Waals surface area (Å²) >= 11 is 17.1. The standard InChI is InChI=1S/C22H28Cl3NO3/c1-12-8-13(2)18(14(3)9-12)19-17(27)11-16(20(19)28)10-15-4-6-26(7-5-15)21(29)22(23,24)25/h8-9,15-17,19,27H,4-7,10-11H2,1-3H3. The minimum atomic E-state index is -1.92. The summed E-state index contributed by atoms with van der Waals surface area (Å²) in [7, 11) is 0. The summed E-state index contributed by atoms with van der Waals surface area (Å²) in [6, 6.07) is 4.15. The molecule has 1 heterocycles. The van der Waals surface area contributed by atoms with Gasteiger partial charge in [-0.25, -0.2) is 0 Å². The van der Waals surface area contributed by atoms with E-state index in [0.29, 0.717) is 25.4 Å². The Morgan fingerprint density at radius 2 is 1.69 bits per heavy atom. The van der Waals surface area contributed by atoms with E-state index in [4.69, 9.17) is 34.8 Å². The molecule has 2 aliphatic rings. The molecule has 7 heteroatoms. The summed E-state index contributed by atoms with van der Waals surface area (Å²) in [6.45, 7) is 7.13. The second kappa shape index (κ2) is 8.74. The number of carbonyl (C=O) groups excluding carboxylic acids is 2. The summed E-state index contributed by atoms with van der Waals surface area (Å²) in [5, 5.41) is 10.7. The molecule has 1 aromatic rings. The van der Waals surface area contributed by atoms with Crippen molar-refractivity contribution in [2.45, 2.75) is 62.3 Å². The number of likely N-dealkylation sites (tertiary alicyclic amines) is 1. The van der Waals surface area contributed by atoms with Crippen molar-refractivity contribution >= 4 is 46.5 Å². The molecule has 1 N–H and O–H groups in total. The SMILES string of the molecule is Cc1cc(C)c(C2C(=O)C(CC3CCN(C(=O)C(Cl)(Cl)Cl)CC3)CC2O)c(C)c1. The first-order valence-corrected chi connectivity index (χ1v) is 11.3. The number of alkyl halides is 3. The molecule has 3 atom stereocenters. The molecule has 1 aromatic carbocycles. The zero-order valence-electron chi connectivity index (χ0n) is 17.1. The number of nitrogens with zero attached hydrogens (tertiary/aromatic N) is 1. The van der Waals surface area contributed by atoms with Crippen LogP contribution in [-0.2, 0) is 9.59 Å². The van der Waals surface area contributed by atoms with E-state index in [9.17, 15) is 14.7 Å². The van der Waals surface area contributed by atoms with Crippen LogP contribution in [0.1, 0.15) is 53.9 Å². The molecular formula is C22H28Cl3NO3. The zero-order valence-corrected chi connectivity index (χ0v) is 19.3. The van der Waals surface area contributed by atoms with E-state index in [2.05, 4.69) is 12.1 Å². The number of Topliss-reactive ketones (excluding diaryl/α,β-unsaturated/α-hetero) is 1. The molecule has 160 valence electrons. The molecule has 1 saturated heterocycles. The molecule has 0 aromatic heterocycles. The van der Waals surface area contributed by atoms with Gasteiger partial charge in [-0.3, -0.25) is 9.59 Å². The van der Waals surface area contributed by atoms with Crippen molar-refractivity contribution < 1.29 is 14.7 Å². The van der Waals surface area contributed by atoms with Crippen molar-refractivity contribution in [1.82, 2.24) is 4.90 Å². The van der Waals surface area contributed by atoms with Crippen LogP contribution in [0.2, 0.25) is 0 Å². The van der Waals surface area contributed by atoms with Gasteiger partial charge in [-0.05, 0) is 69.1 Å². The van der Waals surface area contributed by atoms with E-state index in [0.717, 1.165) is 41.5 Å². The van der Waals surface area contributed by atoms with Gasteiger partial charge in [0.05, 0.1) is 12.0 Å². The maximum Gasteiger partial charge on any atom is 0.274 e. The lowest BCUT2D eigenvalue weighted by Gasteiger charge is -2.34. The molecule has 0 bridgehead atoms. The van der Waals surface area contributed by atoms with E-state index in [1.807, 2.05) is 20.8 Å². The lowest BCUT2D eigenvalue weighted by atomic mass is 9.83. The molecule has 1 amide bonds. The second-order valence-corrected chi connectivity index (χ2v) is 10.9. The fraction of sp³-hybridized carbons (Fsp3) is 0.636. The fourth-order valence-electron chi connectivity index (χ4n) is 5.17. The normalized spacial score (nSPS) is 26.2. The monoisotopic (exact) mass is 459 g/mol. The molecule has 3 rings (SSSR count). The predicted molar refractivity (Wildman–Crippen MR) is 117 cm³/mol. The molecule has 1 aliphatic heterocycles. The van der Waals surface area contributed by atoms with Gasteiger partial charge in [0.2, 0.25) is 0 Å². The van der Waals surface area contributed by atoms with Gasteiger partial charge in [0.25, 0.3) is 9.70 Å². The van der Waals surface area contributed by atoms with Gasteiger partial charge in [0, 0.05) is 19.0 Å². The Bertz CT molecular complexity index is 774. The number of halogens is 3. The van der Waals surface area contributed by atoms with E-state index in [1.54, 1.807) is 4.90 Å². The Morgan fingerprint density at radius 1 is 1.14 bits per heavy atom. The highest BCUT2D eigenvalue weighted by Crippen LogP contribution is 2.42. The van der Waals surface area contributed by atoms with Crippen molar-refractivity contribution in [1.29, 1.82) is 0 Å². The third-order valence-corrected chi connectivity index (χ3v) is 6.92. The van der Waals surface area contributed by atoms with Gasteiger partial charge in [-0.15, -0.1) is 0 Å². The Kier molecular flexibility index (Phi) is 6.89. The van der Waals surface area contributed by atoms with Gasteiger partial charge >= 0.3 is 0 Å². The van der Waals surface area contributed by atoms with E-state index in [-0.39, 0.29) is 11.7 Å². The average Bonchev–Trinajstić information content (AvgIpc) is 2.88. The summed E-state index contributed by atoms with van der Waals surface area (Å²) in [4.78, 5) is 26.9. The van der Waals surface area contributed by atoms with Crippen LogP contribution in [0.4, 0.5) is 0 Å². The summed E-state index contributed by atoms with van der Waals surface area (Å²) in [6.07, 6.45) is 2.16. The number of aryl methyl sites for hydroxylation is 3. The number of aliphatic hydroxyl groups excluding tert-OH is 1. The van der Waals surface area contributed by atoms with Gasteiger partial charge in [0.15, 0.2) is 0 Å². The lowest BCUT2D eigenvalue weighted by molar-refractivity contribution is -0.132. The van der Waals surface area contributed by atoms with E-state index < -0.39 is 21.7 Å². The summed E-state index contributed by atoms with van der Waals surface area (Å²) in [5.74, 6) is -0.595. The minimum absolute atomic E-state index is 0.143.